The van der Waals surface area contributed by atoms with E-state index in [0.29, 0.717) is 22.0 Å². The molecule has 0 radical (unpaired) electrons. The number of amides is 1. The number of H-pyrrole nitrogens is 1. The molecule has 0 aliphatic rings. The van der Waals surface area contributed by atoms with E-state index in [1.165, 1.54) is 7.11 Å². The topological polar surface area (TPSA) is 113 Å². The predicted octanol–water partition coefficient (Wildman–Crippen LogP) is 2.77. The Bertz CT molecular complexity index is 1110. The molecule has 1 aromatic heterocycles. The molecule has 0 saturated carbocycles. The summed E-state index contributed by atoms with van der Waals surface area (Å²) in [6, 6.07) is 13.7. The number of ether oxygens (including phenoxy) is 1. The zero-order valence-corrected chi connectivity index (χ0v) is 16.1. The van der Waals surface area contributed by atoms with Crippen LogP contribution in [0, 0.1) is 0 Å². The monoisotopic (exact) mass is 415 g/mol. The van der Waals surface area contributed by atoms with E-state index >= 15 is 0 Å². The average Bonchev–Trinajstić information content (AvgIpc) is 3.09. The third-order valence-corrected chi connectivity index (χ3v) is 4.58. The molecular formula is C20H18ClN3O5. The van der Waals surface area contributed by atoms with Gasteiger partial charge in [-0.25, -0.2) is 4.68 Å². The summed E-state index contributed by atoms with van der Waals surface area (Å²) in [5, 5.41) is 14.9. The lowest BCUT2D eigenvalue weighted by atomic mass is 10.0. The molecule has 1 atom stereocenters. The number of nitrogens with zero attached hydrogens (tertiary/aromatic N) is 1. The zero-order valence-electron chi connectivity index (χ0n) is 15.4. The Hall–Kier alpha value is -3.52. The van der Waals surface area contributed by atoms with Crippen LogP contribution in [0.25, 0.3) is 5.69 Å². The second-order valence-electron chi connectivity index (χ2n) is 6.16. The summed E-state index contributed by atoms with van der Waals surface area (Å²) in [6.45, 7) is 0. The minimum atomic E-state index is -1.09. The largest absolute Gasteiger partial charge is 0.496 e. The van der Waals surface area contributed by atoms with Gasteiger partial charge in [-0.05, 0) is 18.2 Å². The quantitative estimate of drug-likeness (QED) is 0.549. The van der Waals surface area contributed by atoms with Crippen LogP contribution in [0.3, 0.4) is 0 Å². The van der Waals surface area contributed by atoms with Gasteiger partial charge in [0.15, 0.2) is 0 Å². The van der Waals surface area contributed by atoms with Gasteiger partial charge in [0, 0.05) is 11.6 Å². The average molecular weight is 416 g/mol. The van der Waals surface area contributed by atoms with Crippen LogP contribution in [-0.2, 0) is 4.79 Å². The maximum Gasteiger partial charge on any atom is 0.305 e. The Morgan fingerprint density at radius 2 is 1.90 bits per heavy atom. The van der Waals surface area contributed by atoms with Crippen molar-refractivity contribution in [2.75, 3.05) is 7.11 Å². The first kappa shape index (κ1) is 20.2. The number of carbonyl (C=O) groups is 2. The number of nitrogens with one attached hydrogen (secondary N) is 2. The molecule has 0 spiro atoms. The Morgan fingerprint density at radius 3 is 2.59 bits per heavy atom. The van der Waals surface area contributed by atoms with Gasteiger partial charge in [0.05, 0.1) is 30.3 Å². The standard InChI is InChI=1S/C20H18ClN3O5/c1-29-17-9-5-2-6-12(17)14(11-19(26)27)22-20(28)15-10-18(25)24(23-15)16-8-4-3-7-13(16)21/h2-10,14,23H,11H2,1H3,(H,22,28)(H,26,27)/t14-/m0/s1. The van der Waals surface area contributed by atoms with Gasteiger partial charge in [-0.2, -0.15) is 0 Å². The van der Waals surface area contributed by atoms with E-state index in [1.54, 1.807) is 48.5 Å². The zero-order chi connectivity index (χ0) is 21.0. The summed E-state index contributed by atoms with van der Waals surface area (Å²) in [7, 11) is 1.46. The van der Waals surface area contributed by atoms with Crippen LogP contribution >= 0.6 is 11.6 Å². The predicted molar refractivity (Wildman–Crippen MR) is 107 cm³/mol. The molecule has 150 valence electrons. The number of para-hydroxylation sites is 2. The Labute approximate surface area is 170 Å². The molecule has 1 heterocycles. The fourth-order valence-electron chi connectivity index (χ4n) is 2.93. The van der Waals surface area contributed by atoms with Crippen molar-refractivity contribution < 1.29 is 19.4 Å². The third kappa shape index (κ3) is 4.49. The first-order valence-corrected chi connectivity index (χ1v) is 9.01. The normalized spacial score (nSPS) is 11.7. The lowest BCUT2D eigenvalue weighted by Crippen LogP contribution is -2.30. The molecule has 2 aromatic carbocycles. The number of aliphatic carboxylic acids is 1. The molecule has 0 unspecified atom stereocenters. The van der Waals surface area contributed by atoms with E-state index in [-0.39, 0.29) is 12.1 Å². The number of hydrogen-bond donors (Lipinski definition) is 3. The van der Waals surface area contributed by atoms with Gasteiger partial charge >= 0.3 is 5.97 Å². The molecule has 0 aliphatic carbocycles. The smallest absolute Gasteiger partial charge is 0.305 e. The highest BCUT2D eigenvalue weighted by molar-refractivity contribution is 6.32. The minimum Gasteiger partial charge on any atom is -0.496 e. The summed E-state index contributed by atoms with van der Waals surface area (Å²) in [5.41, 5.74) is 0.402. The Balaban J connectivity index is 1.91. The second-order valence-corrected chi connectivity index (χ2v) is 6.57. The van der Waals surface area contributed by atoms with Gasteiger partial charge in [0.2, 0.25) is 0 Å². The van der Waals surface area contributed by atoms with Crippen LogP contribution in [0.15, 0.2) is 59.4 Å². The first-order valence-electron chi connectivity index (χ1n) is 8.63. The summed E-state index contributed by atoms with van der Waals surface area (Å²) >= 11 is 6.12. The number of carboxylic acid groups (broad SMARTS) is 1. The van der Waals surface area contributed by atoms with Gasteiger partial charge in [0.25, 0.3) is 11.5 Å². The molecule has 0 aliphatic heterocycles. The fraction of sp³-hybridized carbons (Fsp3) is 0.150. The number of aromatic nitrogens is 2. The van der Waals surface area contributed by atoms with Crippen molar-refractivity contribution in [2.45, 2.75) is 12.5 Å². The van der Waals surface area contributed by atoms with Crippen LogP contribution in [0.5, 0.6) is 5.75 Å². The van der Waals surface area contributed by atoms with Crippen molar-refractivity contribution in [3.8, 4) is 11.4 Å². The minimum absolute atomic E-state index is 0.0276. The molecule has 0 bridgehead atoms. The van der Waals surface area contributed by atoms with Crippen molar-refractivity contribution in [1.82, 2.24) is 15.1 Å². The summed E-state index contributed by atoms with van der Waals surface area (Å²) < 4.78 is 6.41. The number of aromatic amines is 1. The van der Waals surface area contributed by atoms with E-state index in [1.807, 2.05) is 0 Å². The van der Waals surface area contributed by atoms with Crippen molar-refractivity contribution in [2.24, 2.45) is 0 Å². The third-order valence-electron chi connectivity index (χ3n) is 4.26. The van der Waals surface area contributed by atoms with Gasteiger partial charge in [-0.3, -0.25) is 19.5 Å². The SMILES string of the molecule is COc1ccccc1[C@H](CC(=O)O)NC(=O)c1cc(=O)n(-c2ccccc2Cl)[nH]1. The van der Waals surface area contributed by atoms with Crippen molar-refractivity contribution >= 4 is 23.5 Å². The van der Waals surface area contributed by atoms with Gasteiger partial charge in [-0.15, -0.1) is 0 Å². The van der Waals surface area contributed by atoms with E-state index in [2.05, 4.69) is 10.4 Å². The first-order chi connectivity index (χ1) is 13.9. The Morgan fingerprint density at radius 1 is 1.21 bits per heavy atom. The van der Waals surface area contributed by atoms with E-state index in [4.69, 9.17) is 16.3 Å². The van der Waals surface area contributed by atoms with E-state index in [0.717, 1.165) is 10.7 Å². The van der Waals surface area contributed by atoms with E-state index < -0.39 is 23.5 Å². The molecule has 3 aromatic rings. The maximum absolute atomic E-state index is 12.7. The lowest BCUT2D eigenvalue weighted by Gasteiger charge is -2.19. The van der Waals surface area contributed by atoms with Crippen LogP contribution in [0.4, 0.5) is 0 Å². The highest BCUT2D eigenvalue weighted by atomic mass is 35.5. The maximum atomic E-state index is 12.7. The lowest BCUT2D eigenvalue weighted by molar-refractivity contribution is -0.137. The van der Waals surface area contributed by atoms with E-state index in [9.17, 15) is 19.5 Å². The summed E-state index contributed by atoms with van der Waals surface area (Å²) in [6.07, 6.45) is -0.360. The van der Waals surface area contributed by atoms with Crippen molar-refractivity contribution in [1.29, 1.82) is 0 Å². The molecular weight excluding hydrogens is 398 g/mol. The number of hydrogen-bond acceptors (Lipinski definition) is 4. The number of halogens is 1. The number of methoxy groups -OCH3 is 1. The molecule has 0 saturated heterocycles. The molecule has 1 amide bonds. The summed E-state index contributed by atoms with van der Waals surface area (Å²) in [5.74, 6) is -1.28. The second kappa shape index (κ2) is 8.66. The fourth-order valence-corrected chi connectivity index (χ4v) is 3.15. The van der Waals surface area contributed by atoms with Crippen LogP contribution in [0.2, 0.25) is 5.02 Å². The molecule has 3 rings (SSSR count). The van der Waals surface area contributed by atoms with Crippen LogP contribution in [-0.4, -0.2) is 33.9 Å². The van der Waals surface area contributed by atoms with Gasteiger partial charge in [0.1, 0.15) is 11.4 Å². The van der Waals surface area contributed by atoms with Crippen molar-refractivity contribution in [3.63, 3.8) is 0 Å². The number of benzene rings is 2. The Kier molecular flexibility index (Phi) is 6.04. The number of rotatable bonds is 7. The van der Waals surface area contributed by atoms with Crippen LogP contribution < -0.4 is 15.6 Å². The van der Waals surface area contributed by atoms with Crippen LogP contribution in [0.1, 0.15) is 28.5 Å². The molecule has 3 N–H and O–H groups in total. The van der Waals surface area contributed by atoms with Gasteiger partial charge < -0.3 is 15.2 Å². The summed E-state index contributed by atoms with van der Waals surface area (Å²) in [4.78, 5) is 36.4. The molecule has 9 heteroatoms. The molecule has 0 fully saturated rings. The number of carboxylic acids is 1. The molecule has 29 heavy (non-hydrogen) atoms. The van der Waals surface area contributed by atoms with Gasteiger partial charge in [-0.1, -0.05) is 41.9 Å². The highest BCUT2D eigenvalue weighted by Gasteiger charge is 2.23. The molecule has 8 nitrogen and oxygen atoms in total. The highest BCUT2D eigenvalue weighted by Crippen LogP contribution is 2.27. The van der Waals surface area contributed by atoms with Crippen molar-refractivity contribution in [3.05, 3.63) is 81.2 Å². The number of carbonyl (C=O) groups excluding carboxylic acids is 1.